The number of piperidine rings is 1. The number of carbonyl (C=O) groups excluding carboxylic acids is 1. The van der Waals surface area contributed by atoms with E-state index in [2.05, 4.69) is 20.6 Å². The third kappa shape index (κ3) is 3.91. The number of anilines is 1. The van der Waals surface area contributed by atoms with Crippen LogP contribution < -0.4 is 16.4 Å². The maximum Gasteiger partial charge on any atom is 0.215 e. The molecule has 128 valence electrons. The van der Waals surface area contributed by atoms with Crippen LogP contribution in [0.4, 0.5) is 5.82 Å². The average Bonchev–Trinajstić information content (AvgIpc) is 2.61. The predicted molar refractivity (Wildman–Crippen MR) is 97.5 cm³/mol. The Morgan fingerprint density at radius 3 is 2.91 bits per heavy atom. The molecule has 1 fully saturated rings. The number of hydrogen-bond donors (Lipinski definition) is 3. The molecule has 0 amide bonds. The number of rotatable bonds is 5. The second-order valence-electron chi connectivity index (χ2n) is 5.68. The normalized spacial score (nSPS) is 15.5. The minimum absolute atomic E-state index is 0. The molecule has 4 N–H and O–H groups in total. The molecule has 0 aromatic carbocycles. The Bertz CT molecular complexity index is 699. The standard InChI is InChI=1S/C17H21N5O.4H2/c18-17-14(4-2-8-20-17)16(23)15-5-1-3-13(22-15)11-21-12-6-9-19-10-7-12;;;;/h1-5,8,12,19,21H,6-7,9-11H2,(H2,18,20);4*1H. The fraction of sp³-hybridized carbons (Fsp3) is 0.353. The van der Waals surface area contributed by atoms with Crippen molar-refractivity contribution in [3.05, 3.63) is 53.5 Å². The number of ketones is 1. The molecule has 6 nitrogen and oxygen atoms in total. The van der Waals surface area contributed by atoms with Gasteiger partial charge < -0.3 is 16.4 Å². The summed E-state index contributed by atoms with van der Waals surface area (Å²) in [7, 11) is 0. The Morgan fingerprint density at radius 2 is 2.13 bits per heavy atom. The fourth-order valence-electron chi connectivity index (χ4n) is 2.73. The van der Waals surface area contributed by atoms with Crippen LogP contribution in [0.2, 0.25) is 0 Å². The van der Waals surface area contributed by atoms with E-state index >= 15 is 0 Å². The van der Waals surface area contributed by atoms with Gasteiger partial charge in [-0.2, -0.15) is 0 Å². The SMILES string of the molecule is Nc1ncccc1C(=O)c1cccc(CNC2CCNCC2)n1.[HH].[HH].[HH].[HH]. The molecular formula is C17H29N5O. The van der Waals surface area contributed by atoms with Crippen molar-refractivity contribution in [1.82, 2.24) is 20.6 Å². The maximum absolute atomic E-state index is 12.5. The van der Waals surface area contributed by atoms with Crippen molar-refractivity contribution in [2.45, 2.75) is 25.4 Å². The van der Waals surface area contributed by atoms with Gasteiger partial charge in [-0.15, -0.1) is 0 Å². The summed E-state index contributed by atoms with van der Waals surface area (Å²) < 4.78 is 0. The first-order valence-corrected chi connectivity index (χ1v) is 7.89. The summed E-state index contributed by atoms with van der Waals surface area (Å²) in [6.45, 7) is 2.75. The van der Waals surface area contributed by atoms with E-state index in [1.165, 1.54) is 0 Å². The van der Waals surface area contributed by atoms with Crippen molar-refractivity contribution < 1.29 is 10.5 Å². The lowest BCUT2D eigenvalue weighted by Crippen LogP contribution is -2.39. The molecule has 3 heterocycles. The monoisotopic (exact) mass is 319 g/mol. The smallest absolute Gasteiger partial charge is 0.215 e. The summed E-state index contributed by atoms with van der Waals surface area (Å²) in [6.07, 6.45) is 3.80. The zero-order chi connectivity index (χ0) is 16.1. The first kappa shape index (κ1) is 15.6. The highest BCUT2D eigenvalue weighted by Gasteiger charge is 2.15. The molecule has 2 aromatic heterocycles. The first-order valence-electron chi connectivity index (χ1n) is 7.89. The predicted octanol–water partition coefficient (Wildman–Crippen LogP) is 2.12. The topological polar surface area (TPSA) is 92.9 Å². The first-order chi connectivity index (χ1) is 11.2. The molecule has 23 heavy (non-hydrogen) atoms. The third-order valence-corrected chi connectivity index (χ3v) is 4.03. The molecule has 0 radical (unpaired) electrons. The molecule has 0 saturated carbocycles. The molecule has 0 aliphatic carbocycles. The summed E-state index contributed by atoms with van der Waals surface area (Å²) in [5, 5.41) is 6.85. The van der Waals surface area contributed by atoms with Crippen molar-refractivity contribution in [3.8, 4) is 0 Å². The quantitative estimate of drug-likeness (QED) is 0.731. The van der Waals surface area contributed by atoms with Crippen LogP contribution in [0.25, 0.3) is 0 Å². The van der Waals surface area contributed by atoms with Crippen LogP contribution in [0.1, 0.15) is 40.3 Å². The molecule has 6 heteroatoms. The molecule has 0 unspecified atom stereocenters. The number of pyridine rings is 2. The summed E-state index contributed by atoms with van der Waals surface area (Å²) in [5.74, 6) is 0.0388. The summed E-state index contributed by atoms with van der Waals surface area (Å²) in [5.41, 5.74) is 7.42. The van der Waals surface area contributed by atoms with Gasteiger partial charge in [-0.3, -0.25) is 4.79 Å². The Morgan fingerprint density at radius 1 is 1.30 bits per heavy atom. The molecular weight excluding hydrogens is 290 g/mol. The highest BCUT2D eigenvalue weighted by Crippen LogP contribution is 2.13. The van der Waals surface area contributed by atoms with Crippen molar-refractivity contribution in [2.75, 3.05) is 18.8 Å². The molecule has 0 bridgehead atoms. The molecule has 0 atom stereocenters. The van der Waals surface area contributed by atoms with E-state index in [1.54, 1.807) is 24.4 Å². The third-order valence-electron chi connectivity index (χ3n) is 4.03. The summed E-state index contributed by atoms with van der Waals surface area (Å²) >= 11 is 0. The molecule has 1 saturated heterocycles. The van der Waals surface area contributed by atoms with Crippen LogP contribution >= 0.6 is 0 Å². The largest absolute Gasteiger partial charge is 0.383 e. The molecule has 3 rings (SSSR count). The van der Waals surface area contributed by atoms with E-state index in [-0.39, 0.29) is 17.3 Å². The highest BCUT2D eigenvalue weighted by molar-refractivity contribution is 6.10. The van der Waals surface area contributed by atoms with E-state index in [9.17, 15) is 4.79 Å². The average molecular weight is 319 g/mol. The Hall–Kier alpha value is -2.31. The van der Waals surface area contributed by atoms with Crippen LogP contribution in [-0.4, -0.2) is 34.9 Å². The van der Waals surface area contributed by atoms with Crippen molar-refractivity contribution in [1.29, 1.82) is 0 Å². The molecule has 1 aliphatic heterocycles. The van der Waals surface area contributed by atoms with Gasteiger partial charge >= 0.3 is 0 Å². The van der Waals surface area contributed by atoms with Gasteiger partial charge in [0.2, 0.25) is 5.78 Å². The van der Waals surface area contributed by atoms with E-state index in [1.807, 2.05) is 12.1 Å². The summed E-state index contributed by atoms with van der Waals surface area (Å²) in [6, 6.07) is 9.37. The summed E-state index contributed by atoms with van der Waals surface area (Å²) in [4.78, 5) is 20.9. The van der Waals surface area contributed by atoms with Gasteiger partial charge in [0.1, 0.15) is 11.5 Å². The van der Waals surface area contributed by atoms with E-state index in [4.69, 9.17) is 5.73 Å². The van der Waals surface area contributed by atoms with Crippen LogP contribution in [0.15, 0.2) is 36.5 Å². The van der Waals surface area contributed by atoms with Crippen LogP contribution in [0, 0.1) is 0 Å². The number of hydrogen-bond acceptors (Lipinski definition) is 6. The van der Waals surface area contributed by atoms with Crippen molar-refractivity contribution in [3.63, 3.8) is 0 Å². The van der Waals surface area contributed by atoms with Gasteiger partial charge in [0.25, 0.3) is 0 Å². The lowest BCUT2D eigenvalue weighted by atomic mass is 10.1. The number of nitrogens with zero attached hydrogens (tertiary/aromatic N) is 2. The van der Waals surface area contributed by atoms with E-state index < -0.39 is 0 Å². The van der Waals surface area contributed by atoms with Crippen molar-refractivity contribution >= 4 is 11.6 Å². The van der Waals surface area contributed by atoms with E-state index in [0.29, 0.717) is 23.8 Å². The maximum atomic E-state index is 12.5. The lowest BCUT2D eigenvalue weighted by molar-refractivity contribution is 0.103. The molecule has 0 spiro atoms. The molecule has 1 aliphatic rings. The number of nitrogens with one attached hydrogen (secondary N) is 2. The zero-order valence-electron chi connectivity index (χ0n) is 13.0. The number of carbonyl (C=O) groups is 1. The van der Waals surface area contributed by atoms with E-state index in [0.717, 1.165) is 31.6 Å². The van der Waals surface area contributed by atoms with Gasteiger partial charge in [-0.25, -0.2) is 9.97 Å². The second-order valence-corrected chi connectivity index (χ2v) is 5.68. The Balaban J connectivity index is 0. The van der Waals surface area contributed by atoms with Crippen molar-refractivity contribution in [2.24, 2.45) is 0 Å². The number of nitrogens with two attached hydrogens (primary N) is 1. The second kappa shape index (κ2) is 7.30. The van der Waals surface area contributed by atoms with Gasteiger partial charge in [0.05, 0.1) is 11.3 Å². The van der Waals surface area contributed by atoms with Gasteiger partial charge in [0.15, 0.2) is 0 Å². The van der Waals surface area contributed by atoms with Crippen LogP contribution in [-0.2, 0) is 6.54 Å². The fourth-order valence-corrected chi connectivity index (χ4v) is 2.73. The minimum atomic E-state index is -0.195. The van der Waals surface area contributed by atoms with Gasteiger partial charge in [-0.1, -0.05) is 6.07 Å². The van der Waals surface area contributed by atoms with Gasteiger partial charge in [0, 0.05) is 24.5 Å². The Kier molecular flexibility index (Phi) is 4.95. The minimum Gasteiger partial charge on any atom is -0.383 e. The lowest BCUT2D eigenvalue weighted by Gasteiger charge is -2.23. The van der Waals surface area contributed by atoms with Gasteiger partial charge in [-0.05, 0) is 50.2 Å². The Labute approximate surface area is 141 Å². The zero-order valence-corrected chi connectivity index (χ0v) is 13.0. The van der Waals surface area contributed by atoms with Crippen LogP contribution in [0.3, 0.4) is 0 Å². The number of nitrogen functional groups attached to an aromatic ring is 1. The number of aromatic nitrogens is 2. The van der Waals surface area contributed by atoms with Crippen LogP contribution in [0.5, 0.6) is 0 Å². The highest BCUT2D eigenvalue weighted by atomic mass is 16.1. The molecule has 2 aromatic rings.